The van der Waals surface area contributed by atoms with Gasteiger partial charge < -0.3 is 21.1 Å². The smallest absolute Gasteiger partial charge is 0.234 e. The van der Waals surface area contributed by atoms with Gasteiger partial charge in [0.25, 0.3) is 0 Å². The molecule has 0 aromatic heterocycles. The van der Waals surface area contributed by atoms with Crippen molar-refractivity contribution in [1.82, 2.24) is 10.2 Å². The van der Waals surface area contributed by atoms with Crippen LogP contribution < -0.4 is 11.1 Å². The normalized spacial score (nSPS) is 26.1. The number of hydrogen-bond donors (Lipinski definition) is 3. The molecule has 0 aromatic rings. The van der Waals surface area contributed by atoms with Crippen molar-refractivity contribution in [1.29, 1.82) is 0 Å². The number of rotatable bonds is 6. The van der Waals surface area contributed by atoms with E-state index in [0.717, 1.165) is 25.8 Å². The van der Waals surface area contributed by atoms with Crippen molar-refractivity contribution in [2.24, 2.45) is 5.73 Å². The fourth-order valence-electron chi connectivity index (χ4n) is 1.93. The van der Waals surface area contributed by atoms with E-state index >= 15 is 0 Å². The Morgan fingerprint density at radius 3 is 2.80 bits per heavy atom. The van der Waals surface area contributed by atoms with Gasteiger partial charge >= 0.3 is 0 Å². The maximum Gasteiger partial charge on any atom is 0.234 e. The molecule has 2 unspecified atom stereocenters. The highest BCUT2D eigenvalue weighted by Crippen LogP contribution is 2.14. The number of nitrogens with one attached hydrogen (secondary N) is 1. The van der Waals surface area contributed by atoms with E-state index in [1.807, 2.05) is 7.05 Å². The van der Waals surface area contributed by atoms with Crippen LogP contribution in [0, 0.1) is 0 Å². The first-order valence-corrected chi connectivity index (χ1v) is 5.48. The van der Waals surface area contributed by atoms with Crippen molar-refractivity contribution in [2.75, 3.05) is 26.7 Å². The standard InChI is InChI=1S/C10H21N3O2/c1-13(6-7-14)5-4-8-2-3-9(12-8)10(11)15/h8-9,12,14H,2-7H2,1H3,(H2,11,15). The van der Waals surface area contributed by atoms with Gasteiger partial charge in [0.05, 0.1) is 12.6 Å². The van der Waals surface area contributed by atoms with E-state index in [0.29, 0.717) is 12.6 Å². The first kappa shape index (κ1) is 12.4. The summed E-state index contributed by atoms with van der Waals surface area (Å²) in [7, 11) is 1.98. The summed E-state index contributed by atoms with van der Waals surface area (Å²) in [5.41, 5.74) is 5.22. The van der Waals surface area contributed by atoms with Crippen molar-refractivity contribution < 1.29 is 9.90 Å². The van der Waals surface area contributed by atoms with Gasteiger partial charge in [0.15, 0.2) is 0 Å². The van der Waals surface area contributed by atoms with Crippen molar-refractivity contribution in [3.63, 3.8) is 0 Å². The quantitative estimate of drug-likeness (QED) is 0.526. The number of primary amides is 1. The average molecular weight is 215 g/mol. The third-order valence-corrected chi connectivity index (χ3v) is 2.93. The van der Waals surface area contributed by atoms with Crippen LogP contribution in [0.15, 0.2) is 0 Å². The van der Waals surface area contributed by atoms with Crippen LogP contribution in [0.5, 0.6) is 0 Å². The Morgan fingerprint density at radius 2 is 2.27 bits per heavy atom. The van der Waals surface area contributed by atoms with Crippen LogP contribution in [-0.4, -0.2) is 54.7 Å². The highest BCUT2D eigenvalue weighted by Gasteiger charge is 2.26. The fraction of sp³-hybridized carbons (Fsp3) is 0.900. The summed E-state index contributed by atoms with van der Waals surface area (Å²) in [6.45, 7) is 1.83. The van der Waals surface area contributed by atoms with E-state index in [4.69, 9.17) is 10.8 Å². The van der Waals surface area contributed by atoms with Gasteiger partial charge in [-0.15, -0.1) is 0 Å². The molecule has 5 heteroatoms. The lowest BCUT2D eigenvalue weighted by atomic mass is 10.1. The topological polar surface area (TPSA) is 78.6 Å². The molecule has 1 aliphatic heterocycles. The number of likely N-dealkylation sites (N-methyl/N-ethyl adjacent to an activating group) is 1. The van der Waals surface area contributed by atoms with Crippen molar-refractivity contribution >= 4 is 5.91 Å². The molecule has 1 rings (SSSR count). The van der Waals surface area contributed by atoms with Crippen LogP contribution in [0.1, 0.15) is 19.3 Å². The number of aliphatic hydroxyl groups is 1. The minimum Gasteiger partial charge on any atom is -0.395 e. The number of nitrogens with zero attached hydrogens (tertiary/aromatic N) is 1. The molecule has 1 aliphatic rings. The van der Waals surface area contributed by atoms with E-state index in [9.17, 15) is 4.79 Å². The largest absolute Gasteiger partial charge is 0.395 e. The Kier molecular flexibility index (Phi) is 5.01. The van der Waals surface area contributed by atoms with Gasteiger partial charge in [-0.25, -0.2) is 0 Å². The molecule has 0 bridgehead atoms. The molecule has 0 saturated carbocycles. The molecular weight excluding hydrogens is 194 g/mol. The zero-order valence-electron chi connectivity index (χ0n) is 9.28. The molecule has 0 spiro atoms. The second-order valence-corrected chi connectivity index (χ2v) is 4.21. The van der Waals surface area contributed by atoms with E-state index in [1.54, 1.807) is 0 Å². The molecule has 15 heavy (non-hydrogen) atoms. The van der Waals surface area contributed by atoms with Crippen LogP contribution in [0.4, 0.5) is 0 Å². The van der Waals surface area contributed by atoms with E-state index in [-0.39, 0.29) is 18.6 Å². The molecule has 0 radical (unpaired) electrons. The molecule has 1 amide bonds. The minimum atomic E-state index is -0.249. The van der Waals surface area contributed by atoms with E-state index < -0.39 is 0 Å². The molecular formula is C10H21N3O2. The van der Waals surface area contributed by atoms with Crippen LogP contribution >= 0.6 is 0 Å². The first-order valence-electron chi connectivity index (χ1n) is 5.48. The van der Waals surface area contributed by atoms with Gasteiger partial charge in [0.1, 0.15) is 0 Å². The Hall–Kier alpha value is -0.650. The molecule has 4 N–H and O–H groups in total. The summed E-state index contributed by atoms with van der Waals surface area (Å²) in [6, 6.07) is 0.252. The number of amides is 1. The second-order valence-electron chi connectivity index (χ2n) is 4.21. The van der Waals surface area contributed by atoms with Gasteiger partial charge in [-0.2, -0.15) is 0 Å². The number of hydrogen-bond acceptors (Lipinski definition) is 4. The van der Waals surface area contributed by atoms with Crippen molar-refractivity contribution in [2.45, 2.75) is 31.3 Å². The maximum absolute atomic E-state index is 10.9. The Morgan fingerprint density at radius 1 is 1.53 bits per heavy atom. The van der Waals surface area contributed by atoms with Crippen molar-refractivity contribution in [3.8, 4) is 0 Å². The number of aliphatic hydroxyl groups excluding tert-OH is 1. The van der Waals surface area contributed by atoms with Crippen LogP contribution in [0.3, 0.4) is 0 Å². The summed E-state index contributed by atoms with van der Waals surface area (Å²) >= 11 is 0. The molecule has 0 aromatic carbocycles. The van der Waals surface area contributed by atoms with Crippen molar-refractivity contribution in [3.05, 3.63) is 0 Å². The van der Waals surface area contributed by atoms with Gasteiger partial charge in [-0.3, -0.25) is 4.79 Å². The average Bonchev–Trinajstić information content (AvgIpc) is 2.63. The summed E-state index contributed by atoms with van der Waals surface area (Å²) in [4.78, 5) is 13.0. The molecule has 1 saturated heterocycles. The van der Waals surface area contributed by atoms with Gasteiger partial charge in [0.2, 0.25) is 5.91 Å². The summed E-state index contributed by atoms with van der Waals surface area (Å²) in [5, 5.41) is 11.9. The number of carbonyl (C=O) groups excluding carboxylic acids is 1. The SMILES string of the molecule is CN(CCO)CCC1CCC(C(N)=O)N1. The second kappa shape index (κ2) is 6.05. The third kappa shape index (κ3) is 4.15. The zero-order chi connectivity index (χ0) is 11.3. The third-order valence-electron chi connectivity index (χ3n) is 2.93. The predicted octanol–water partition coefficient (Wildman–Crippen LogP) is -1.09. The highest BCUT2D eigenvalue weighted by atomic mass is 16.3. The monoisotopic (exact) mass is 215 g/mol. The summed E-state index contributed by atoms with van der Waals surface area (Å²) in [5.74, 6) is -0.249. The Balaban J connectivity index is 2.16. The number of nitrogens with two attached hydrogens (primary N) is 1. The number of carbonyl (C=O) groups is 1. The zero-order valence-corrected chi connectivity index (χ0v) is 9.28. The Bertz CT molecular complexity index is 211. The van der Waals surface area contributed by atoms with Crippen LogP contribution in [0.25, 0.3) is 0 Å². The van der Waals surface area contributed by atoms with Gasteiger partial charge in [-0.05, 0) is 32.9 Å². The molecule has 88 valence electrons. The highest BCUT2D eigenvalue weighted by molar-refractivity contribution is 5.80. The van der Waals surface area contributed by atoms with E-state index in [1.165, 1.54) is 0 Å². The fourth-order valence-corrected chi connectivity index (χ4v) is 1.93. The lowest BCUT2D eigenvalue weighted by molar-refractivity contribution is -0.119. The molecule has 2 atom stereocenters. The predicted molar refractivity (Wildman–Crippen MR) is 58.3 cm³/mol. The summed E-state index contributed by atoms with van der Waals surface area (Å²) < 4.78 is 0. The first-order chi connectivity index (χ1) is 7.13. The maximum atomic E-state index is 10.9. The van der Waals surface area contributed by atoms with Crippen LogP contribution in [0.2, 0.25) is 0 Å². The summed E-state index contributed by atoms with van der Waals surface area (Å²) in [6.07, 6.45) is 2.87. The van der Waals surface area contributed by atoms with Gasteiger partial charge in [-0.1, -0.05) is 0 Å². The molecule has 5 nitrogen and oxygen atoms in total. The lowest BCUT2D eigenvalue weighted by Gasteiger charge is -2.18. The van der Waals surface area contributed by atoms with E-state index in [2.05, 4.69) is 10.2 Å². The van der Waals surface area contributed by atoms with Gasteiger partial charge in [0, 0.05) is 12.6 Å². The molecule has 1 fully saturated rings. The van der Waals surface area contributed by atoms with Crippen LogP contribution in [-0.2, 0) is 4.79 Å². The Labute approximate surface area is 90.6 Å². The minimum absolute atomic E-state index is 0.141. The molecule has 0 aliphatic carbocycles. The lowest BCUT2D eigenvalue weighted by Crippen LogP contribution is -2.40. The molecule has 1 heterocycles.